The highest BCUT2D eigenvalue weighted by Gasteiger charge is 2.18. The lowest BCUT2D eigenvalue weighted by molar-refractivity contribution is -0.124. The largest absolute Gasteiger partial charge is 0.378 e. The minimum Gasteiger partial charge on any atom is -0.378 e. The molecule has 0 heterocycles. The molecule has 114 valence electrons. The van der Waals surface area contributed by atoms with E-state index in [9.17, 15) is 14.7 Å². The maximum atomic E-state index is 12.0. The Kier molecular flexibility index (Phi) is 5.14. The van der Waals surface area contributed by atoms with Crippen LogP contribution in [-0.2, 0) is 9.59 Å². The molecular weight excluding hydrogens is 304 g/mol. The topological polar surface area (TPSA) is 78.4 Å². The molecule has 3 N–H and O–H groups in total. The van der Waals surface area contributed by atoms with Gasteiger partial charge in [-0.05, 0) is 23.8 Å². The van der Waals surface area contributed by atoms with Crippen LogP contribution in [0.3, 0.4) is 0 Å². The third kappa shape index (κ3) is 4.07. The summed E-state index contributed by atoms with van der Waals surface area (Å²) in [7, 11) is 0. The summed E-state index contributed by atoms with van der Waals surface area (Å²) in [6, 6.07) is 13.3. The molecule has 1 unspecified atom stereocenters. The molecular formula is C16H15ClN2O3. The fraction of sp³-hybridized carbons (Fsp3) is 0.125. The minimum absolute atomic E-state index is 0.215. The quantitative estimate of drug-likeness (QED) is 0.811. The molecule has 0 saturated carbocycles. The van der Waals surface area contributed by atoms with E-state index in [1.807, 2.05) is 0 Å². The van der Waals surface area contributed by atoms with Crippen molar-refractivity contribution in [3.05, 3.63) is 59.1 Å². The van der Waals surface area contributed by atoms with Crippen LogP contribution in [0.2, 0.25) is 5.02 Å². The van der Waals surface area contributed by atoms with Crippen molar-refractivity contribution in [3.63, 3.8) is 0 Å². The van der Waals surface area contributed by atoms with Gasteiger partial charge in [-0.3, -0.25) is 9.59 Å². The lowest BCUT2D eigenvalue weighted by Gasteiger charge is -2.13. The van der Waals surface area contributed by atoms with Crippen LogP contribution in [0.4, 0.5) is 11.4 Å². The predicted octanol–water partition coefficient (Wildman–Crippen LogP) is 2.97. The van der Waals surface area contributed by atoms with Gasteiger partial charge in [0.2, 0.25) is 5.91 Å². The van der Waals surface area contributed by atoms with Gasteiger partial charge < -0.3 is 15.7 Å². The minimum atomic E-state index is -1.28. The maximum Gasteiger partial charge on any atom is 0.257 e. The third-order valence-electron chi connectivity index (χ3n) is 2.91. The first kappa shape index (κ1) is 16.0. The first-order valence-corrected chi connectivity index (χ1v) is 6.96. The number of aliphatic hydroxyl groups excluding tert-OH is 1. The van der Waals surface area contributed by atoms with Crippen LogP contribution >= 0.6 is 11.6 Å². The third-order valence-corrected chi connectivity index (χ3v) is 3.22. The van der Waals surface area contributed by atoms with Crippen LogP contribution in [0.5, 0.6) is 0 Å². The molecule has 2 aromatic carbocycles. The van der Waals surface area contributed by atoms with Gasteiger partial charge in [-0.1, -0.05) is 41.9 Å². The molecule has 2 aromatic rings. The summed E-state index contributed by atoms with van der Waals surface area (Å²) in [5.74, 6) is -0.798. The average Bonchev–Trinajstić information content (AvgIpc) is 2.49. The normalized spacial score (nSPS) is 11.6. The molecule has 0 saturated heterocycles. The zero-order valence-corrected chi connectivity index (χ0v) is 12.6. The molecule has 0 aliphatic rings. The highest BCUT2D eigenvalue weighted by Crippen LogP contribution is 2.26. The van der Waals surface area contributed by atoms with Crippen LogP contribution in [0.1, 0.15) is 18.6 Å². The Morgan fingerprint density at radius 1 is 1.09 bits per heavy atom. The number of nitrogens with one attached hydrogen (secondary N) is 2. The fourth-order valence-corrected chi connectivity index (χ4v) is 2.11. The Balaban J connectivity index is 2.10. The SMILES string of the molecule is CC(=O)Nc1ccc(NC(=O)C(O)c2ccccc2)c(Cl)c1. The molecule has 22 heavy (non-hydrogen) atoms. The number of hydrogen-bond acceptors (Lipinski definition) is 3. The number of hydrogen-bond donors (Lipinski definition) is 3. The number of carbonyl (C=O) groups is 2. The van der Waals surface area contributed by atoms with Gasteiger partial charge in [-0.25, -0.2) is 0 Å². The molecule has 2 amide bonds. The molecule has 0 radical (unpaired) electrons. The highest BCUT2D eigenvalue weighted by atomic mass is 35.5. The Morgan fingerprint density at radius 2 is 1.77 bits per heavy atom. The summed E-state index contributed by atoms with van der Waals surface area (Å²) in [4.78, 5) is 23.0. The number of benzene rings is 2. The van der Waals surface area contributed by atoms with Crippen molar-refractivity contribution in [2.24, 2.45) is 0 Å². The second kappa shape index (κ2) is 7.06. The van der Waals surface area contributed by atoms with Crippen molar-refractivity contribution < 1.29 is 14.7 Å². The molecule has 0 aromatic heterocycles. The van der Waals surface area contributed by atoms with Gasteiger partial charge in [-0.2, -0.15) is 0 Å². The van der Waals surface area contributed by atoms with Gasteiger partial charge in [0.15, 0.2) is 6.10 Å². The van der Waals surface area contributed by atoms with E-state index >= 15 is 0 Å². The van der Waals surface area contributed by atoms with Crippen molar-refractivity contribution in [3.8, 4) is 0 Å². The summed E-state index contributed by atoms with van der Waals surface area (Å²) in [5, 5.41) is 15.4. The molecule has 0 aliphatic carbocycles. The number of aliphatic hydroxyl groups is 1. The highest BCUT2D eigenvalue weighted by molar-refractivity contribution is 6.34. The molecule has 0 spiro atoms. The Labute approximate surface area is 132 Å². The summed E-state index contributed by atoms with van der Waals surface area (Å²) >= 11 is 6.06. The van der Waals surface area contributed by atoms with Crippen LogP contribution < -0.4 is 10.6 Å². The van der Waals surface area contributed by atoms with Crippen molar-refractivity contribution in [1.82, 2.24) is 0 Å². The second-order valence-electron chi connectivity index (χ2n) is 4.68. The van der Waals surface area contributed by atoms with Gasteiger partial charge in [0.1, 0.15) is 0 Å². The number of rotatable bonds is 4. The Morgan fingerprint density at radius 3 is 2.36 bits per heavy atom. The molecule has 5 nitrogen and oxygen atoms in total. The molecule has 0 fully saturated rings. The zero-order valence-electron chi connectivity index (χ0n) is 11.8. The van der Waals surface area contributed by atoms with Crippen molar-refractivity contribution in [2.75, 3.05) is 10.6 Å². The predicted molar refractivity (Wildman–Crippen MR) is 85.8 cm³/mol. The summed E-state index contributed by atoms with van der Waals surface area (Å²) in [6.45, 7) is 1.39. The van der Waals surface area contributed by atoms with Gasteiger partial charge in [0.05, 0.1) is 10.7 Å². The van der Waals surface area contributed by atoms with Crippen molar-refractivity contribution >= 4 is 34.8 Å². The standard InChI is InChI=1S/C16H15ClN2O3/c1-10(20)18-12-7-8-14(13(17)9-12)19-16(22)15(21)11-5-3-2-4-6-11/h2-9,15,21H,1H3,(H,18,20)(H,19,22). The maximum absolute atomic E-state index is 12.0. The Bertz CT molecular complexity index is 689. The molecule has 6 heteroatoms. The van der Waals surface area contributed by atoms with E-state index in [1.165, 1.54) is 13.0 Å². The second-order valence-corrected chi connectivity index (χ2v) is 5.09. The van der Waals surface area contributed by atoms with Crippen LogP contribution in [0.15, 0.2) is 48.5 Å². The van der Waals surface area contributed by atoms with E-state index in [-0.39, 0.29) is 10.9 Å². The zero-order chi connectivity index (χ0) is 16.1. The van der Waals surface area contributed by atoms with Crippen LogP contribution in [0, 0.1) is 0 Å². The first-order chi connectivity index (χ1) is 10.5. The number of carbonyl (C=O) groups excluding carboxylic acids is 2. The van der Waals surface area contributed by atoms with Crippen molar-refractivity contribution in [2.45, 2.75) is 13.0 Å². The molecule has 2 rings (SSSR count). The van der Waals surface area contributed by atoms with E-state index in [0.29, 0.717) is 16.9 Å². The van der Waals surface area contributed by atoms with E-state index < -0.39 is 12.0 Å². The van der Waals surface area contributed by atoms with Gasteiger partial charge >= 0.3 is 0 Å². The van der Waals surface area contributed by atoms with Gasteiger partial charge in [0.25, 0.3) is 5.91 Å². The molecule has 1 atom stereocenters. The lowest BCUT2D eigenvalue weighted by Crippen LogP contribution is -2.21. The molecule has 0 bridgehead atoms. The van der Waals surface area contributed by atoms with E-state index in [2.05, 4.69) is 10.6 Å². The van der Waals surface area contributed by atoms with E-state index in [0.717, 1.165) is 0 Å². The lowest BCUT2D eigenvalue weighted by atomic mass is 10.1. The van der Waals surface area contributed by atoms with Gasteiger partial charge in [0, 0.05) is 12.6 Å². The monoisotopic (exact) mass is 318 g/mol. The van der Waals surface area contributed by atoms with E-state index in [4.69, 9.17) is 11.6 Å². The average molecular weight is 319 g/mol. The van der Waals surface area contributed by atoms with Crippen molar-refractivity contribution in [1.29, 1.82) is 0 Å². The number of amides is 2. The van der Waals surface area contributed by atoms with Crippen LogP contribution in [-0.4, -0.2) is 16.9 Å². The van der Waals surface area contributed by atoms with Gasteiger partial charge in [-0.15, -0.1) is 0 Å². The molecule has 0 aliphatic heterocycles. The van der Waals surface area contributed by atoms with Crippen LogP contribution in [0.25, 0.3) is 0 Å². The summed E-state index contributed by atoms with van der Waals surface area (Å²) in [5.41, 5.74) is 1.38. The number of halogens is 1. The summed E-state index contributed by atoms with van der Waals surface area (Å²) in [6.07, 6.45) is -1.28. The summed E-state index contributed by atoms with van der Waals surface area (Å²) < 4.78 is 0. The Hall–Kier alpha value is -2.37. The fourth-order valence-electron chi connectivity index (χ4n) is 1.89. The number of anilines is 2. The smallest absolute Gasteiger partial charge is 0.257 e. The first-order valence-electron chi connectivity index (χ1n) is 6.58. The van der Waals surface area contributed by atoms with E-state index in [1.54, 1.807) is 42.5 Å².